The topological polar surface area (TPSA) is 91.5 Å². The summed E-state index contributed by atoms with van der Waals surface area (Å²) in [6.07, 6.45) is 0.755. The molecule has 6 nitrogen and oxygen atoms in total. The van der Waals surface area contributed by atoms with Crippen LogP contribution in [0.3, 0.4) is 0 Å². The van der Waals surface area contributed by atoms with Crippen LogP contribution in [-0.2, 0) is 27.2 Å². The van der Waals surface area contributed by atoms with Crippen molar-refractivity contribution in [1.29, 1.82) is 0 Å². The predicted molar refractivity (Wildman–Crippen MR) is 121 cm³/mol. The zero-order valence-corrected chi connectivity index (χ0v) is 19.7. The zero-order chi connectivity index (χ0) is 23.3. The summed E-state index contributed by atoms with van der Waals surface area (Å²) in [4.78, 5) is 29.7. The molecular formula is C25H34N2O4. The van der Waals surface area contributed by atoms with Crippen LogP contribution in [0.15, 0.2) is 24.3 Å². The molecule has 0 bridgehead atoms. The third-order valence-electron chi connectivity index (χ3n) is 4.91. The molecule has 0 unspecified atom stereocenters. The van der Waals surface area contributed by atoms with Crippen molar-refractivity contribution in [2.75, 3.05) is 6.79 Å². The number of ether oxygens (including phenoxy) is 2. The first-order chi connectivity index (χ1) is 14.5. The third kappa shape index (κ3) is 6.14. The minimum atomic E-state index is -0.678. The number of aryl methyl sites for hydroxylation is 2. The van der Waals surface area contributed by atoms with Crippen LogP contribution in [0.4, 0.5) is 0 Å². The summed E-state index contributed by atoms with van der Waals surface area (Å²) in [5.41, 5.74) is 10.8. The van der Waals surface area contributed by atoms with Gasteiger partial charge in [0.25, 0.3) is 0 Å². The van der Waals surface area contributed by atoms with Crippen molar-refractivity contribution < 1.29 is 19.1 Å². The van der Waals surface area contributed by atoms with E-state index in [4.69, 9.17) is 20.2 Å². The molecule has 2 rings (SSSR count). The first-order valence-electron chi connectivity index (χ1n) is 10.6. The van der Waals surface area contributed by atoms with Crippen LogP contribution in [0.2, 0.25) is 0 Å². The average Bonchev–Trinajstić information content (AvgIpc) is 2.66. The Morgan fingerprint density at radius 2 is 1.68 bits per heavy atom. The molecule has 0 radical (unpaired) electrons. The molecule has 1 aromatic heterocycles. The predicted octanol–water partition coefficient (Wildman–Crippen LogP) is 4.73. The summed E-state index contributed by atoms with van der Waals surface area (Å²) in [6.45, 7) is 13.0. The lowest BCUT2D eigenvalue weighted by Gasteiger charge is -2.21. The van der Waals surface area contributed by atoms with Crippen molar-refractivity contribution in [3.05, 3.63) is 52.3 Å². The van der Waals surface area contributed by atoms with Crippen LogP contribution in [0.1, 0.15) is 67.5 Å². The summed E-state index contributed by atoms with van der Waals surface area (Å²) >= 11 is 0. The molecule has 0 saturated carbocycles. The van der Waals surface area contributed by atoms with Crippen LogP contribution in [0.25, 0.3) is 11.1 Å². The van der Waals surface area contributed by atoms with Gasteiger partial charge in [-0.15, -0.1) is 0 Å². The van der Waals surface area contributed by atoms with Gasteiger partial charge in [0.05, 0.1) is 16.7 Å². The number of pyridine rings is 1. The van der Waals surface area contributed by atoms with Crippen molar-refractivity contribution in [2.45, 2.75) is 61.4 Å². The van der Waals surface area contributed by atoms with Crippen molar-refractivity contribution in [3.8, 4) is 11.1 Å². The molecule has 0 aliphatic carbocycles. The van der Waals surface area contributed by atoms with E-state index in [-0.39, 0.29) is 6.54 Å². The van der Waals surface area contributed by atoms with Crippen molar-refractivity contribution in [1.82, 2.24) is 4.98 Å². The molecule has 0 saturated heterocycles. The molecule has 0 aliphatic rings. The van der Waals surface area contributed by atoms with E-state index in [2.05, 4.69) is 13.8 Å². The van der Waals surface area contributed by atoms with Gasteiger partial charge in [-0.2, -0.15) is 0 Å². The van der Waals surface area contributed by atoms with Crippen LogP contribution in [0, 0.1) is 25.2 Å². The van der Waals surface area contributed by atoms with Crippen molar-refractivity contribution in [2.24, 2.45) is 17.1 Å². The van der Waals surface area contributed by atoms with Gasteiger partial charge < -0.3 is 15.2 Å². The summed E-state index contributed by atoms with van der Waals surface area (Å²) in [5, 5.41) is 0. The normalized spacial score (nSPS) is 11.5. The largest absolute Gasteiger partial charge is 0.427 e. The van der Waals surface area contributed by atoms with Crippen molar-refractivity contribution in [3.63, 3.8) is 0 Å². The monoisotopic (exact) mass is 426 g/mol. The number of esters is 2. The number of hydrogen-bond donors (Lipinski definition) is 1. The van der Waals surface area contributed by atoms with Gasteiger partial charge in [-0.25, -0.2) is 4.79 Å². The molecule has 1 aromatic carbocycles. The van der Waals surface area contributed by atoms with Crippen molar-refractivity contribution >= 4 is 11.9 Å². The maximum Gasteiger partial charge on any atom is 0.343 e. The van der Waals surface area contributed by atoms with E-state index in [0.717, 1.165) is 34.4 Å². The number of carbonyl (C=O) groups is 2. The first-order valence-corrected chi connectivity index (χ1v) is 10.6. The Balaban J connectivity index is 2.51. The Morgan fingerprint density at radius 3 is 2.19 bits per heavy atom. The Morgan fingerprint density at radius 1 is 1.06 bits per heavy atom. The highest BCUT2D eigenvalue weighted by molar-refractivity contribution is 5.99. The molecule has 6 heteroatoms. The lowest BCUT2D eigenvalue weighted by Crippen LogP contribution is -2.25. The highest BCUT2D eigenvalue weighted by Crippen LogP contribution is 2.33. The van der Waals surface area contributed by atoms with Crippen LogP contribution >= 0.6 is 0 Å². The Bertz CT molecular complexity index is 941. The molecule has 31 heavy (non-hydrogen) atoms. The number of benzene rings is 1. The molecule has 2 aromatic rings. The summed E-state index contributed by atoms with van der Waals surface area (Å²) in [6, 6.07) is 7.93. The number of nitrogens with zero attached hydrogens (tertiary/aromatic N) is 1. The maximum absolute atomic E-state index is 13.1. The van der Waals surface area contributed by atoms with E-state index in [9.17, 15) is 9.59 Å². The molecular weight excluding hydrogens is 392 g/mol. The number of rotatable bonds is 7. The second kappa shape index (κ2) is 10.1. The van der Waals surface area contributed by atoms with E-state index < -0.39 is 24.1 Å². The standard InChI is InChI=1S/C25H34N2O4/c1-15(2)12-20-19(13-26)22(18-10-8-16(3)9-11-18)21(17(4)27-20)23(28)30-14-31-24(29)25(5,6)7/h8-11,15H,12-14,26H2,1-7H3. The van der Waals surface area contributed by atoms with Crippen LogP contribution in [0.5, 0.6) is 0 Å². The number of carbonyl (C=O) groups excluding carboxylic acids is 2. The van der Waals surface area contributed by atoms with Gasteiger partial charge in [0.2, 0.25) is 6.79 Å². The smallest absolute Gasteiger partial charge is 0.343 e. The molecule has 0 fully saturated rings. The van der Waals surface area contributed by atoms with Gasteiger partial charge >= 0.3 is 11.9 Å². The van der Waals surface area contributed by atoms with E-state index in [1.54, 1.807) is 27.7 Å². The molecule has 168 valence electrons. The second-order valence-electron chi connectivity index (χ2n) is 9.27. The number of aromatic nitrogens is 1. The third-order valence-corrected chi connectivity index (χ3v) is 4.91. The Labute approximate surface area is 185 Å². The average molecular weight is 427 g/mol. The van der Waals surface area contributed by atoms with E-state index in [1.165, 1.54) is 0 Å². The van der Waals surface area contributed by atoms with E-state index in [1.807, 2.05) is 31.2 Å². The summed E-state index contributed by atoms with van der Waals surface area (Å²) in [5.74, 6) is -0.644. The SMILES string of the molecule is Cc1ccc(-c2c(CN)c(CC(C)C)nc(C)c2C(=O)OCOC(=O)C(C)(C)C)cc1. The number of hydrogen-bond acceptors (Lipinski definition) is 6. The molecule has 0 amide bonds. The Hall–Kier alpha value is -2.73. The van der Waals surface area contributed by atoms with Gasteiger partial charge in [-0.3, -0.25) is 9.78 Å². The van der Waals surface area contributed by atoms with E-state index in [0.29, 0.717) is 17.2 Å². The molecule has 1 heterocycles. The fourth-order valence-corrected chi connectivity index (χ4v) is 3.29. The quantitative estimate of drug-likeness (QED) is 0.508. The molecule has 0 spiro atoms. The van der Waals surface area contributed by atoms with Gasteiger partial charge in [0.1, 0.15) is 0 Å². The highest BCUT2D eigenvalue weighted by Gasteiger charge is 2.26. The maximum atomic E-state index is 13.1. The van der Waals surface area contributed by atoms with Crippen LogP contribution in [-0.4, -0.2) is 23.7 Å². The molecule has 2 N–H and O–H groups in total. The van der Waals surface area contributed by atoms with Gasteiger partial charge in [0, 0.05) is 17.8 Å². The van der Waals surface area contributed by atoms with Gasteiger partial charge in [0.15, 0.2) is 0 Å². The number of nitrogens with two attached hydrogens (primary N) is 1. The zero-order valence-electron chi connectivity index (χ0n) is 19.7. The summed E-state index contributed by atoms with van der Waals surface area (Å²) in [7, 11) is 0. The fraction of sp³-hybridized carbons (Fsp3) is 0.480. The molecule has 0 aliphatic heterocycles. The van der Waals surface area contributed by atoms with Gasteiger partial charge in [-0.1, -0.05) is 43.7 Å². The Kier molecular flexibility index (Phi) is 7.96. The first kappa shape index (κ1) is 24.5. The summed E-state index contributed by atoms with van der Waals surface area (Å²) < 4.78 is 10.4. The van der Waals surface area contributed by atoms with E-state index >= 15 is 0 Å². The van der Waals surface area contributed by atoms with Gasteiger partial charge in [-0.05, 0) is 58.1 Å². The van der Waals surface area contributed by atoms with Crippen LogP contribution < -0.4 is 5.73 Å². The molecule has 0 atom stereocenters. The lowest BCUT2D eigenvalue weighted by atomic mass is 9.90. The second-order valence-corrected chi connectivity index (χ2v) is 9.27. The minimum Gasteiger partial charge on any atom is -0.427 e. The highest BCUT2D eigenvalue weighted by atomic mass is 16.7. The fourth-order valence-electron chi connectivity index (χ4n) is 3.29. The minimum absolute atomic E-state index is 0.248. The lowest BCUT2D eigenvalue weighted by molar-refractivity contribution is -0.161.